The highest BCUT2D eigenvalue weighted by molar-refractivity contribution is 9.12. The summed E-state index contributed by atoms with van der Waals surface area (Å²) in [5, 5.41) is 0.297. The highest BCUT2D eigenvalue weighted by Crippen LogP contribution is 2.37. The van der Waals surface area contributed by atoms with Crippen molar-refractivity contribution in [1.29, 1.82) is 0 Å². The van der Waals surface area contributed by atoms with E-state index in [0.29, 0.717) is 16.4 Å². The number of Topliss-reactive ketones (excluding diaryl/α,β-unsaturated/α-hetero) is 1. The fraction of sp³-hybridized carbons (Fsp3) is 0.440. The smallest absolute Gasteiger partial charge is 0.333 e. The Kier molecular flexibility index (Phi) is 7.76. The third-order valence-electron chi connectivity index (χ3n) is 5.64. The van der Waals surface area contributed by atoms with Crippen LogP contribution in [0, 0.1) is 5.82 Å². The molecule has 0 N–H and O–H groups in total. The minimum Gasteiger partial charge on any atom is -0.496 e. The second-order valence-corrected chi connectivity index (χ2v) is 11.8. The number of ether oxygens (including phenoxy) is 2. The topological polar surface area (TPSA) is 96.6 Å². The van der Waals surface area contributed by atoms with Gasteiger partial charge in [0.25, 0.3) is 5.56 Å². The highest BCUT2D eigenvalue weighted by atomic mass is 79.9. The van der Waals surface area contributed by atoms with Crippen molar-refractivity contribution >= 4 is 45.0 Å². The molecule has 0 unspecified atom stereocenters. The number of hydrogen-bond acceptors (Lipinski definition) is 7. The summed E-state index contributed by atoms with van der Waals surface area (Å²) < 4.78 is 27.4. The standard InChI is InChI=1S/C25H28BrFN2O6S/c1-13-16(26)12-36-21-19(13)20(31)29(25(5,6)22(32)35-24(2,3)4)23(33)28(21)11-17(30)15-10-14(27)8-9-18(15)34-7/h8-10H,11-12H2,1-7H3. The molecule has 194 valence electrons. The molecule has 1 aliphatic rings. The van der Waals surface area contributed by atoms with Gasteiger partial charge in [-0.15, -0.1) is 11.8 Å². The third kappa shape index (κ3) is 5.22. The molecule has 0 atom stereocenters. The van der Waals surface area contributed by atoms with E-state index in [1.807, 2.05) is 0 Å². The number of fused-ring (bicyclic) bond motifs is 1. The fourth-order valence-corrected chi connectivity index (χ4v) is 5.44. The van der Waals surface area contributed by atoms with Crippen LogP contribution in [0.3, 0.4) is 0 Å². The van der Waals surface area contributed by atoms with Gasteiger partial charge in [-0.25, -0.2) is 18.5 Å². The van der Waals surface area contributed by atoms with Gasteiger partial charge in [-0.05, 0) is 65.3 Å². The van der Waals surface area contributed by atoms with Crippen molar-refractivity contribution in [1.82, 2.24) is 9.13 Å². The van der Waals surface area contributed by atoms with Crippen LogP contribution in [0.2, 0.25) is 0 Å². The van der Waals surface area contributed by atoms with E-state index in [-0.39, 0.29) is 16.9 Å². The molecule has 36 heavy (non-hydrogen) atoms. The minimum absolute atomic E-state index is 0.0449. The second-order valence-electron chi connectivity index (χ2n) is 9.84. The number of hydrogen-bond donors (Lipinski definition) is 0. The Bertz CT molecular complexity index is 1400. The predicted molar refractivity (Wildman–Crippen MR) is 140 cm³/mol. The van der Waals surface area contributed by atoms with Gasteiger partial charge in [0, 0.05) is 10.2 Å². The molecule has 0 radical (unpaired) electrons. The van der Waals surface area contributed by atoms with E-state index in [4.69, 9.17) is 9.47 Å². The maximum absolute atomic E-state index is 13.9. The summed E-state index contributed by atoms with van der Waals surface area (Å²) in [6.07, 6.45) is 0. The van der Waals surface area contributed by atoms with E-state index >= 15 is 0 Å². The van der Waals surface area contributed by atoms with Crippen molar-refractivity contribution < 1.29 is 23.5 Å². The lowest BCUT2D eigenvalue weighted by Crippen LogP contribution is -2.55. The number of ketones is 1. The van der Waals surface area contributed by atoms with Gasteiger partial charge in [0.1, 0.15) is 22.7 Å². The maximum Gasteiger partial charge on any atom is 0.333 e. The molecule has 0 aliphatic carbocycles. The van der Waals surface area contributed by atoms with Gasteiger partial charge in [-0.3, -0.25) is 14.2 Å². The Morgan fingerprint density at radius 3 is 2.39 bits per heavy atom. The van der Waals surface area contributed by atoms with Crippen LogP contribution in [0.4, 0.5) is 4.39 Å². The first-order chi connectivity index (χ1) is 16.6. The van der Waals surface area contributed by atoms with Gasteiger partial charge in [0.2, 0.25) is 0 Å². The first-order valence-electron chi connectivity index (χ1n) is 11.1. The number of carbonyl (C=O) groups excluding carboxylic acids is 2. The van der Waals surface area contributed by atoms with Gasteiger partial charge in [0.15, 0.2) is 5.78 Å². The first kappa shape index (κ1) is 27.9. The molecule has 2 heterocycles. The Morgan fingerprint density at radius 2 is 1.81 bits per heavy atom. The zero-order chi connectivity index (χ0) is 27.2. The van der Waals surface area contributed by atoms with Crippen LogP contribution in [0.25, 0.3) is 5.57 Å². The number of thioether (sulfide) groups is 1. The number of halogens is 2. The molecule has 1 aromatic carbocycles. The normalized spacial score (nSPS) is 13.9. The molecule has 1 aliphatic heterocycles. The van der Waals surface area contributed by atoms with E-state index in [2.05, 4.69) is 15.9 Å². The summed E-state index contributed by atoms with van der Waals surface area (Å²) >= 11 is 4.68. The molecule has 0 saturated heterocycles. The van der Waals surface area contributed by atoms with E-state index in [9.17, 15) is 23.6 Å². The highest BCUT2D eigenvalue weighted by Gasteiger charge is 2.40. The van der Waals surface area contributed by atoms with Crippen LogP contribution in [0.5, 0.6) is 5.75 Å². The van der Waals surface area contributed by atoms with Crippen molar-refractivity contribution in [3.63, 3.8) is 0 Å². The van der Waals surface area contributed by atoms with E-state index < -0.39 is 46.5 Å². The van der Waals surface area contributed by atoms with Crippen molar-refractivity contribution in [2.24, 2.45) is 0 Å². The number of rotatable bonds is 6. The van der Waals surface area contributed by atoms with Crippen molar-refractivity contribution in [3.8, 4) is 5.75 Å². The monoisotopic (exact) mass is 582 g/mol. The van der Waals surface area contributed by atoms with Gasteiger partial charge in [-0.2, -0.15) is 0 Å². The Hall–Kier alpha value is -2.66. The largest absolute Gasteiger partial charge is 0.496 e. The number of nitrogens with zero attached hydrogens (tertiary/aromatic N) is 2. The number of aromatic nitrogens is 2. The van der Waals surface area contributed by atoms with E-state index in [0.717, 1.165) is 25.7 Å². The number of carbonyl (C=O) groups is 2. The summed E-state index contributed by atoms with van der Waals surface area (Å²) in [7, 11) is 1.35. The van der Waals surface area contributed by atoms with Crippen LogP contribution < -0.4 is 16.0 Å². The SMILES string of the molecule is COc1ccc(F)cc1C(=O)Cn1c2c(c(=O)n(C(C)(C)C(=O)OC(C)(C)C)c1=O)C(C)=C(Br)CS2. The van der Waals surface area contributed by atoms with Crippen LogP contribution in [-0.2, 0) is 21.6 Å². The molecular weight excluding hydrogens is 555 g/mol. The van der Waals surface area contributed by atoms with Crippen molar-refractivity contribution in [2.45, 2.75) is 64.3 Å². The first-order valence-corrected chi connectivity index (χ1v) is 12.9. The summed E-state index contributed by atoms with van der Waals surface area (Å²) in [6, 6.07) is 3.52. The minimum atomic E-state index is -1.69. The Labute approximate surface area is 220 Å². The van der Waals surface area contributed by atoms with Gasteiger partial charge < -0.3 is 9.47 Å². The quantitative estimate of drug-likeness (QED) is 0.284. The third-order valence-corrected chi connectivity index (χ3v) is 8.01. The second kappa shape index (κ2) is 10.0. The van der Waals surface area contributed by atoms with Gasteiger partial charge in [0.05, 0.1) is 29.8 Å². The molecule has 8 nitrogen and oxygen atoms in total. The zero-order valence-electron chi connectivity index (χ0n) is 21.2. The van der Waals surface area contributed by atoms with Crippen LogP contribution >= 0.6 is 27.7 Å². The molecule has 1 aromatic heterocycles. The maximum atomic E-state index is 13.9. The zero-order valence-corrected chi connectivity index (χ0v) is 23.6. The lowest BCUT2D eigenvalue weighted by Gasteiger charge is -2.31. The summed E-state index contributed by atoms with van der Waals surface area (Å²) in [5.74, 6) is -1.42. The number of esters is 1. The van der Waals surface area contributed by atoms with Crippen LogP contribution in [0.1, 0.15) is 57.5 Å². The number of methoxy groups -OCH3 is 1. The molecular formula is C25H28BrFN2O6S. The van der Waals surface area contributed by atoms with Crippen LogP contribution in [0.15, 0.2) is 37.3 Å². The fourth-order valence-electron chi connectivity index (χ4n) is 3.73. The van der Waals surface area contributed by atoms with Crippen molar-refractivity contribution in [2.75, 3.05) is 12.9 Å². The molecule has 0 amide bonds. The molecule has 0 bridgehead atoms. The average Bonchev–Trinajstić information content (AvgIpc) is 2.77. The molecule has 0 fully saturated rings. The summed E-state index contributed by atoms with van der Waals surface area (Å²) in [4.78, 5) is 53.8. The predicted octanol–water partition coefficient (Wildman–Crippen LogP) is 4.35. The molecule has 0 saturated carbocycles. The van der Waals surface area contributed by atoms with Crippen LogP contribution in [-0.4, -0.2) is 39.4 Å². The summed E-state index contributed by atoms with van der Waals surface area (Å²) in [6.45, 7) is 9.11. The Balaban J connectivity index is 2.28. The molecule has 11 heteroatoms. The van der Waals surface area contributed by atoms with E-state index in [1.165, 1.54) is 38.8 Å². The Morgan fingerprint density at radius 1 is 1.17 bits per heavy atom. The molecule has 2 aromatic rings. The summed E-state index contributed by atoms with van der Waals surface area (Å²) in [5.41, 5.74) is -3.32. The molecule has 0 spiro atoms. The number of allylic oxidation sites excluding steroid dienone is 1. The average molecular weight is 583 g/mol. The van der Waals surface area contributed by atoms with Crippen molar-refractivity contribution in [3.05, 3.63) is 60.5 Å². The lowest BCUT2D eigenvalue weighted by atomic mass is 10.0. The lowest BCUT2D eigenvalue weighted by molar-refractivity contribution is -0.164. The van der Waals surface area contributed by atoms with Gasteiger partial charge in [-0.1, -0.05) is 15.9 Å². The van der Waals surface area contributed by atoms with E-state index in [1.54, 1.807) is 27.7 Å². The van der Waals surface area contributed by atoms with Gasteiger partial charge >= 0.3 is 11.7 Å². The number of benzene rings is 1. The molecule has 3 rings (SSSR count).